The van der Waals surface area contributed by atoms with Crippen LogP contribution in [0.5, 0.6) is 11.5 Å². The van der Waals surface area contributed by atoms with Crippen molar-refractivity contribution in [3.05, 3.63) is 66.5 Å². The van der Waals surface area contributed by atoms with Gasteiger partial charge in [0, 0.05) is 41.2 Å². The summed E-state index contributed by atoms with van der Waals surface area (Å²) in [6.45, 7) is 4.76. The molecule has 4 aromatic rings. The lowest BCUT2D eigenvalue weighted by atomic mass is 10.2. The van der Waals surface area contributed by atoms with Crippen LogP contribution in [0.4, 0.5) is 0 Å². The summed E-state index contributed by atoms with van der Waals surface area (Å²) in [6.07, 6.45) is 5.35. The fraction of sp³-hybridized carbons (Fsp3) is 0.143. The molecular weight excluding hydrogens is 418 g/mol. The Morgan fingerprint density at radius 2 is 1.97 bits per heavy atom. The number of allylic oxidation sites excluding steroid dienone is 1. The first-order valence-electron chi connectivity index (χ1n) is 9.23. The van der Waals surface area contributed by atoms with Crippen LogP contribution in [0.3, 0.4) is 0 Å². The van der Waals surface area contributed by atoms with E-state index in [0.29, 0.717) is 12.3 Å². The summed E-state index contributed by atoms with van der Waals surface area (Å²) in [4.78, 5) is 8.85. The molecule has 1 aliphatic heterocycles. The molecule has 0 N–H and O–H groups in total. The topological polar surface area (TPSA) is 75.0 Å². The Morgan fingerprint density at radius 3 is 2.83 bits per heavy atom. The second kappa shape index (κ2) is 8.29. The molecule has 7 nitrogen and oxygen atoms in total. The number of rotatable bonds is 7. The maximum absolute atomic E-state index is 5.47. The van der Waals surface area contributed by atoms with E-state index in [2.05, 4.69) is 31.7 Å². The van der Waals surface area contributed by atoms with E-state index in [1.807, 2.05) is 36.4 Å². The van der Waals surface area contributed by atoms with Crippen LogP contribution in [0.15, 0.2) is 65.9 Å². The number of thiazole rings is 1. The Labute approximate surface area is 181 Å². The van der Waals surface area contributed by atoms with Gasteiger partial charge in [-0.05, 0) is 30.3 Å². The Morgan fingerprint density at radius 1 is 1.10 bits per heavy atom. The molecule has 0 saturated carbocycles. The minimum Gasteiger partial charge on any atom is -0.454 e. The number of nitrogens with zero attached hydrogens (tertiary/aromatic N) is 5. The molecule has 150 valence electrons. The van der Waals surface area contributed by atoms with Crippen molar-refractivity contribution in [1.82, 2.24) is 24.7 Å². The predicted octanol–water partition coefficient (Wildman–Crippen LogP) is 4.67. The monoisotopic (exact) mass is 435 g/mol. The minimum atomic E-state index is 0.269. The molecule has 1 aliphatic rings. The summed E-state index contributed by atoms with van der Waals surface area (Å²) in [7, 11) is 0. The Balaban J connectivity index is 1.33. The van der Waals surface area contributed by atoms with Gasteiger partial charge in [-0.15, -0.1) is 28.1 Å². The second-order valence-electron chi connectivity index (χ2n) is 6.44. The summed E-state index contributed by atoms with van der Waals surface area (Å²) in [5, 5.41) is 12.6. The Kier molecular flexibility index (Phi) is 5.20. The SMILES string of the molecule is C=CCn1c(SCc2csc(-c3ccc4c(c3)OCO4)n2)nnc1-c1ccncc1. The smallest absolute Gasteiger partial charge is 0.231 e. The summed E-state index contributed by atoms with van der Waals surface area (Å²) in [6, 6.07) is 9.75. The van der Waals surface area contributed by atoms with Crippen molar-refractivity contribution in [1.29, 1.82) is 0 Å². The average molecular weight is 436 g/mol. The lowest BCUT2D eigenvalue weighted by molar-refractivity contribution is 0.174. The molecule has 0 atom stereocenters. The molecule has 30 heavy (non-hydrogen) atoms. The quantitative estimate of drug-likeness (QED) is 0.308. The fourth-order valence-corrected chi connectivity index (χ4v) is 4.84. The number of aromatic nitrogens is 5. The zero-order valence-corrected chi connectivity index (χ0v) is 17.5. The molecule has 0 fully saturated rings. The van der Waals surface area contributed by atoms with Crippen molar-refractivity contribution in [3.8, 4) is 33.5 Å². The van der Waals surface area contributed by atoms with E-state index in [0.717, 1.165) is 44.3 Å². The normalized spacial score (nSPS) is 12.3. The van der Waals surface area contributed by atoms with E-state index in [-0.39, 0.29) is 6.79 Å². The highest BCUT2D eigenvalue weighted by Crippen LogP contribution is 2.37. The third kappa shape index (κ3) is 3.69. The summed E-state index contributed by atoms with van der Waals surface area (Å²) in [5.74, 6) is 3.05. The number of hydrogen-bond acceptors (Lipinski definition) is 8. The van der Waals surface area contributed by atoms with Gasteiger partial charge in [-0.2, -0.15) is 0 Å². The van der Waals surface area contributed by atoms with E-state index < -0.39 is 0 Å². The molecular formula is C21H17N5O2S2. The van der Waals surface area contributed by atoms with Crippen molar-refractivity contribution in [2.24, 2.45) is 0 Å². The standard InChI is InChI=1S/C21H17N5O2S2/c1-2-9-26-19(14-5-7-22-8-6-14)24-25-21(26)30-12-16-11-29-20(23-16)15-3-4-17-18(10-15)28-13-27-17/h2-8,10-11H,1,9,12-13H2. The van der Waals surface area contributed by atoms with Gasteiger partial charge < -0.3 is 9.47 Å². The molecule has 5 rings (SSSR count). The summed E-state index contributed by atoms with van der Waals surface area (Å²) in [5.41, 5.74) is 3.00. The molecule has 4 heterocycles. The van der Waals surface area contributed by atoms with Gasteiger partial charge in [0.25, 0.3) is 0 Å². The van der Waals surface area contributed by atoms with Crippen LogP contribution < -0.4 is 9.47 Å². The maximum Gasteiger partial charge on any atom is 0.231 e. The molecule has 0 bridgehead atoms. The first kappa shape index (κ1) is 18.8. The lowest BCUT2D eigenvalue weighted by Gasteiger charge is -2.07. The highest BCUT2D eigenvalue weighted by molar-refractivity contribution is 7.98. The van der Waals surface area contributed by atoms with Crippen LogP contribution in [0, 0.1) is 0 Å². The van der Waals surface area contributed by atoms with Crippen LogP contribution in [0.25, 0.3) is 22.0 Å². The van der Waals surface area contributed by atoms with Gasteiger partial charge in [-0.1, -0.05) is 17.8 Å². The van der Waals surface area contributed by atoms with Crippen LogP contribution in [-0.2, 0) is 12.3 Å². The van der Waals surface area contributed by atoms with Gasteiger partial charge in [0.2, 0.25) is 6.79 Å². The Hall–Kier alpha value is -3.17. The van der Waals surface area contributed by atoms with Gasteiger partial charge in [0.15, 0.2) is 22.5 Å². The van der Waals surface area contributed by atoms with Gasteiger partial charge in [-0.25, -0.2) is 4.98 Å². The average Bonchev–Trinajstić information content (AvgIpc) is 3.52. The molecule has 3 aromatic heterocycles. The molecule has 0 saturated heterocycles. The van der Waals surface area contributed by atoms with Crippen molar-refractivity contribution < 1.29 is 9.47 Å². The lowest BCUT2D eigenvalue weighted by Crippen LogP contribution is -2.00. The van der Waals surface area contributed by atoms with E-state index in [1.54, 1.807) is 35.5 Å². The molecule has 0 amide bonds. The predicted molar refractivity (Wildman–Crippen MR) is 117 cm³/mol. The van der Waals surface area contributed by atoms with Crippen molar-refractivity contribution in [2.75, 3.05) is 6.79 Å². The maximum atomic E-state index is 5.47. The highest BCUT2D eigenvalue weighted by atomic mass is 32.2. The van der Waals surface area contributed by atoms with Crippen molar-refractivity contribution in [2.45, 2.75) is 17.5 Å². The van der Waals surface area contributed by atoms with Gasteiger partial charge >= 0.3 is 0 Å². The number of hydrogen-bond donors (Lipinski definition) is 0. The van der Waals surface area contributed by atoms with Crippen LogP contribution in [0.1, 0.15) is 5.69 Å². The minimum absolute atomic E-state index is 0.269. The molecule has 0 spiro atoms. The summed E-state index contributed by atoms with van der Waals surface area (Å²) < 4.78 is 12.9. The number of thioether (sulfide) groups is 1. The number of pyridine rings is 1. The van der Waals surface area contributed by atoms with Gasteiger partial charge in [0.05, 0.1) is 5.69 Å². The fourth-order valence-electron chi connectivity index (χ4n) is 3.08. The number of ether oxygens (including phenoxy) is 2. The van der Waals surface area contributed by atoms with Crippen LogP contribution >= 0.6 is 23.1 Å². The number of fused-ring (bicyclic) bond motifs is 1. The summed E-state index contributed by atoms with van der Waals surface area (Å²) >= 11 is 3.22. The van der Waals surface area contributed by atoms with E-state index >= 15 is 0 Å². The second-order valence-corrected chi connectivity index (χ2v) is 8.24. The first-order valence-corrected chi connectivity index (χ1v) is 11.1. The zero-order chi connectivity index (χ0) is 20.3. The molecule has 0 radical (unpaired) electrons. The van der Waals surface area contributed by atoms with Crippen molar-refractivity contribution >= 4 is 23.1 Å². The number of benzene rings is 1. The third-order valence-corrected chi connectivity index (χ3v) is 6.43. The van der Waals surface area contributed by atoms with E-state index in [1.165, 1.54) is 0 Å². The molecule has 1 aromatic carbocycles. The van der Waals surface area contributed by atoms with Gasteiger partial charge in [0.1, 0.15) is 5.01 Å². The van der Waals surface area contributed by atoms with Crippen LogP contribution in [0.2, 0.25) is 0 Å². The largest absolute Gasteiger partial charge is 0.454 e. The van der Waals surface area contributed by atoms with Crippen LogP contribution in [-0.4, -0.2) is 31.5 Å². The van der Waals surface area contributed by atoms with E-state index in [9.17, 15) is 0 Å². The molecule has 0 aliphatic carbocycles. The van der Waals surface area contributed by atoms with E-state index in [4.69, 9.17) is 14.5 Å². The van der Waals surface area contributed by atoms with Crippen molar-refractivity contribution in [3.63, 3.8) is 0 Å². The molecule has 0 unspecified atom stereocenters. The Bertz CT molecular complexity index is 1190. The third-order valence-electron chi connectivity index (χ3n) is 4.49. The van der Waals surface area contributed by atoms with Gasteiger partial charge in [-0.3, -0.25) is 9.55 Å². The highest BCUT2D eigenvalue weighted by Gasteiger charge is 2.17. The first-order chi connectivity index (χ1) is 14.8. The molecule has 9 heteroatoms. The zero-order valence-electron chi connectivity index (χ0n) is 15.9.